The van der Waals surface area contributed by atoms with Gasteiger partial charge >= 0.3 is 0 Å². The largest absolute Gasteiger partial charge is 0.539 e. The minimum Gasteiger partial charge on any atom is -0.539 e. The van der Waals surface area contributed by atoms with Gasteiger partial charge in [0, 0.05) is 12.1 Å². The summed E-state index contributed by atoms with van der Waals surface area (Å²) in [4.78, 5) is -0.446. The zero-order valence-corrected chi connectivity index (χ0v) is 19.1. The summed E-state index contributed by atoms with van der Waals surface area (Å²) >= 11 is 9.57. The molecule has 1 atom stereocenters. The van der Waals surface area contributed by atoms with Crippen LogP contribution in [0, 0.1) is 5.82 Å². The van der Waals surface area contributed by atoms with Gasteiger partial charge in [-0.3, -0.25) is 0 Å². The molecular weight excluding hydrogens is 481 g/mol. The van der Waals surface area contributed by atoms with Crippen LogP contribution in [-0.4, -0.2) is 28.4 Å². The second-order valence-electron chi connectivity index (χ2n) is 6.73. The van der Waals surface area contributed by atoms with Gasteiger partial charge in [-0.15, -0.1) is 0 Å². The first kappa shape index (κ1) is 22.2. The quantitative estimate of drug-likeness (QED) is 0.280. The summed E-state index contributed by atoms with van der Waals surface area (Å²) in [6.45, 7) is 5.97. The van der Waals surface area contributed by atoms with Crippen molar-refractivity contribution in [2.75, 3.05) is 6.54 Å². The van der Waals surface area contributed by atoms with Crippen LogP contribution in [0.1, 0.15) is 17.0 Å². The van der Waals surface area contributed by atoms with Gasteiger partial charge in [0.25, 0.3) is 0 Å². The minimum absolute atomic E-state index is 0.00457. The molecule has 2 N–H and O–H groups in total. The van der Waals surface area contributed by atoms with Crippen LogP contribution < -0.4 is 9.15 Å². The van der Waals surface area contributed by atoms with Crippen molar-refractivity contribution in [1.29, 1.82) is 0 Å². The number of hydrogen-bond acceptors (Lipinski definition) is 5. The number of aromatic hydroxyl groups is 1. The summed E-state index contributed by atoms with van der Waals surface area (Å²) in [5.74, 6) is -0.369. The lowest BCUT2D eigenvalue weighted by molar-refractivity contribution is 0.438. The van der Waals surface area contributed by atoms with E-state index in [1.54, 1.807) is 0 Å². The molecule has 0 aliphatic heterocycles. The number of halogens is 3. The van der Waals surface area contributed by atoms with Crippen LogP contribution in [0.5, 0.6) is 11.5 Å². The zero-order chi connectivity index (χ0) is 20.4. The Morgan fingerprint density at radius 2 is 2.07 bits per heavy atom. The molecule has 0 spiro atoms. The van der Waals surface area contributed by atoms with Gasteiger partial charge in [0.2, 0.25) is 25.0 Å². The van der Waals surface area contributed by atoms with Gasteiger partial charge in [-0.2, -0.15) is 0 Å². The monoisotopic (exact) mass is 499 g/mol. The molecule has 2 rings (SSSR count). The molecule has 11 heteroatoms. The van der Waals surface area contributed by atoms with Crippen molar-refractivity contribution >= 4 is 46.7 Å². The number of alkyl halides is 1. The molecule has 6 nitrogen and oxygen atoms in total. The van der Waals surface area contributed by atoms with Crippen molar-refractivity contribution in [3.63, 3.8) is 0 Å². The highest BCUT2D eigenvalue weighted by Crippen LogP contribution is 2.50. The summed E-state index contributed by atoms with van der Waals surface area (Å²) < 4.78 is 49.1. The maximum absolute atomic E-state index is 13.7. The van der Waals surface area contributed by atoms with Crippen LogP contribution in [0.2, 0.25) is 24.7 Å². The van der Waals surface area contributed by atoms with Gasteiger partial charge in [0.05, 0.1) is 9.85 Å². The molecule has 1 aromatic carbocycles. The summed E-state index contributed by atoms with van der Waals surface area (Å²) in [5, 5.41) is 10.9. The Hall–Kier alpha value is -1.07. The lowest BCUT2D eigenvalue weighted by atomic mass is 10.1. The van der Waals surface area contributed by atoms with E-state index in [2.05, 4.69) is 20.7 Å². The molecule has 1 unspecified atom stereocenters. The average molecular weight is 501 g/mol. The van der Waals surface area contributed by atoms with Crippen molar-refractivity contribution in [3.05, 3.63) is 34.8 Å². The van der Waals surface area contributed by atoms with E-state index in [0.717, 1.165) is 6.07 Å². The number of hydrogen-bond donors (Lipinski definition) is 3. The van der Waals surface area contributed by atoms with Gasteiger partial charge in [0.1, 0.15) is 5.82 Å². The summed E-state index contributed by atoms with van der Waals surface area (Å²) in [6, 6.07) is 3.73. The molecule has 0 radical (unpaired) electrons. The first-order valence-corrected chi connectivity index (χ1v) is 13.9. The topological polar surface area (TPSA) is 88.8 Å². The second kappa shape index (κ2) is 8.95. The van der Waals surface area contributed by atoms with Crippen LogP contribution in [0.15, 0.2) is 22.6 Å². The Morgan fingerprint density at radius 1 is 1.41 bits per heavy atom. The molecule has 1 aromatic heterocycles. The van der Waals surface area contributed by atoms with Gasteiger partial charge in [-0.25, -0.2) is 17.5 Å². The van der Waals surface area contributed by atoms with Crippen molar-refractivity contribution in [2.24, 2.45) is 0 Å². The lowest BCUT2D eigenvalue weighted by Gasteiger charge is -2.20. The molecule has 150 valence electrons. The van der Waals surface area contributed by atoms with Crippen molar-refractivity contribution < 1.29 is 26.8 Å². The van der Waals surface area contributed by atoms with Crippen molar-refractivity contribution in [1.82, 2.24) is 4.72 Å². The van der Waals surface area contributed by atoms with Crippen molar-refractivity contribution in [2.45, 2.75) is 30.9 Å². The third-order valence-corrected chi connectivity index (χ3v) is 5.87. The minimum atomic E-state index is -2.71. The fourth-order valence-corrected chi connectivity index (χ4v) is 4.16. The highest BCUT2D eigenvalue weighted by Gasteiger charge is 2.31. The predicted molar refractivity (Wildman–Crippen MR) is 109 cm³/mol. The number of furan rings is 1. The van der Waals surface area contributed by atoms with Gasteiger partial charge in [-0.05, 0) is 44.3 Å². The Balaban J connectivity index is 2.49. The van der Waals surface area contributed by atoms with Gasteiger partial charge < -0.3 is 13.9 Å². The Bertz CT molecular complexity index is 892. The molecule has 0 amide bonds. The SMILES string of the molecule is C[Si](C)(C)Oc1c(C(Br)CCN[SH](=O)=O)oc(-c2cc(F)ccc2Cl)c1O. The molecule has 0 aliphatic rings. The maximum atomic E-state index is 13.7. The second-order valence-corrected chi connectivity index (χ2v) is 13.5. The van der Waals surface area contributed by atoms with E-state index in [1.165, 1.54) is 12.1 Å². The predicted octanol–water partition coefficient (Wildman–Crippen LogP) is 4.60. The number of thiol groups is 1. The van der Waals surface area contributed by atoms with E-state index in [4.69, 9.17) is 20.4 Å². The van der Waals surface area contributed by atoms with Crippen LogP contribution >= 0.6 is 27.5 Å². The fraction of sp³-hybridized carbons (Fsp3) is 0.375. The zero-order valence-electron chi connectivity index (χ0n) is 14.9. The smallest absolute Gasteiger partial charge is 0.242 e. The molecule has 0 aliphatic carbocycles. The van der Waals surface area contributed by atoms with Crippen LogP contribution in [0.4, 0.5) is 4.39 Å². The standard InChI is InChI=1S/C16H20BrClFNO5SSi/c1-27(2,3)25-16-13(21)14(10-8-9(19)4-5-12(10)18)24-15(16)11(17)6-7-20-26(22)23/h4-5,8,11,21,26H,6-7H2,1-3H3,(H,20,22,23). The first-order chi connectivity index (χ1) is 12.5. The normalized spacial score (nSPS) is 13.1. The third-order valence-electron chi connectivity index (χ3n) is 3.37. The maximum Gasteiger partial charge on any atom is 0.242 e. The van der Waals surface area contributed by atoms with E-state index in [9.17, 15) is 17.9 Å². The molecule has 0 saturated carbocycles. The number of benzene rings is 1. The summed E-state index contributed by atoms with van der Waals surface area (Å²) in [5.41, 5.74) is 0.196. The molecule has 0 saturated heterocycles. The molecule has 0 fully saturated rings. The molecule has 0 bridgehead atoms. The number of nitrogens with one attached hydrogen (secondary N) is 1. The molecule has 1 heterocycles. The summed E-state index contributed by atoms with van der Waals surface area (Å²) in [6.07, 6.45) is 0.342. The Labute approximate surface area is 173 Å². The van der Waals surface area contributed by atoms with Crippen LogP contribution in [0.3, 0.4) is 0 Å². The number of rotatable bonds is 8. The third kappa shape index (κ3) is 5.95. The van der Waals surface area contributed by atoms with Crippen LogP contribution in [0.25, 0.3) is 11.3 Å². The Kier molecular flexibility index (Phi) is 7.37. The van der Waals surface area contributed by atoms with Crippen molar-refractivity contribution in [3.8, 4) is 22.8 Å². The first-order valence-electron chi connectivity index (χ1n) is 8.01. The van der Waals surface area contributed by atoms with Gasteiger partial charge in [-0.1, -0.05) is 27.5 Å². The van der Waals surface area contributed by atoms with E-state index >= 15 is 0 Å². The lowest BCUT2D eigenvalue weighted by Crippen LogP contribution is -2.29. The van der Waals surface area contributed by atoms with E-state index in [0.29, 0.717) is 6.42 Å². The molecule has 27 heavy (non-hydrogen) atoms. The van der Waals surface area contributed by atoms with E-state index in [1.807, 2.05) is 19.6 Å². The van der Waals surface area contributed by atoms with Crippen LogP contribution in [-0.2, 0) is 10.9 Å². The van der Waals surface area contributed by atoms with E-state index < -0.39 is 29.9 Å². The molecule has 2 aromatic rings. The Morgan fingerprint density at radius 3 is 2.67 bits per heavy atom. The molecular formula is C16H20BrClFNO5SSi. The highest BCUT2D eigenvalue weighted by molar-refractivity contribution is 9.09. The van der Waals surface area contributed by atoms with Gasteiger partial charge in [0.15, 0.2) is 17.3 Å². The fourth-order valence-electron chi connectivity index (χ4n) is 2.30. The highest BCUT2D eigenvalue weighted by atomic mass is 79.9. The summed E-state index contributed by atoms with van der Waals surface area (Å²) in [7, 11) is -4.84. The average Bonchev–Trinajstić information content (AvgIpc) is 2.85. The van der Waals surface area contributed by atoms with E-state index in [-0.39, 0.29) is 40.2 Å².